The van der Waals surface area contributed by atoms with Crippen LogP contribution in [0.15, 0.2) is 59.0 Å². The molecule has 2 aromatic carbocycles. The molecule has 51 heavy (non-hydrogen) atoms. The van der Waals surface area contributed by atoms with E-state index in [2.05, 4.69) is 20.5 Å². The number of nitrogens with one attached hydrogen (secondary N) is 2. The molecule has 0 aliphatic carbocycles. The van der Waals surface area contributed by atoms with E-state index in [0.29, 0.717) is 59.4 Å². The first kappa shape index (κ1) is 37.2. The molecule has 2 N–H and O–H groups in total. The molecule has 5 rings (SSSR count). The van der Waals surface area contributed by atoms with Crippen LogP contribution in [0, 0.1) is 22.6 Å². The number of aryl methyl sites for hydroxylation is 2. The number of hydrogen-bond donors (Lipinski definition) is 2. The fraction of sp³-hybridized carbons (Fsp3) is 0.378. The molecule has 1 fully saturated rings. The van der Waals surface area contributed by atoms with Gasteiger partial charge >= 0.3 is 0 Å². The number of methoxy groups -OCH3 is 2. The lowest BCUT2D eigenvalue weighted by Crippen LogP contribution is -2.39. The fourth-order valence-corrected chi connectivity index (χ4v) is 5.96. The van der Waals surface area contributed by atoms with Crippen molar-refractivity contribution < 1.29 is 23.4 Å². The van der Waals surface area contributed by atoms with Crippen LogP contribution in [0.5, 0.6) is 11.5 Å². The van der Waals surface area contributed by atoms with Gasteiger partial charge in [0.15, 0.2) is 0 Å². The van der Waals surface area contributed by atoms with Gasteiger partial charge in [0, 0.05) is 67.2 Å². The van der Waals surface area contributed by atoms with Crippen molar-refractivity contribution in [3.05, 3.63) is 81.0 Å². The SMILES string of the molecule is COc1cc(OC)c(Cl)c(-c2cc3cnc(NCCN4CCOCC4)nc3n(CCc3ccc(NC(=O)/C(C#N)=C/C(C)(C)C)cc3F)c2=O)c1. The zero-order valence-corrected chi connectivity index (χ0v) is 30.1. The van der Waals surface area contributed by atoms with Crippen LogP contribution in [0.25, 0.3) is 22.2 Å². The minimum absolute atomic E-state index is 0.0572. The molecule has 1 amide bonds. The number of halogens is 2. The minimum Gasteiger partial charge on any atom is -0.497 e. The van der Waals surface area contributed by atoms with Gasteiger partial charge in [-0.1, -0.05) is 44.5 Å². The lowest BCUT2D eigenvalue weighted by molar-refractivity contribution is -0.112. The van der Waals surface area contributed by atoms with Gasteiger partial charge in [-0.05, 0) is 41.7 Å². The molecule has 14 heteroatoms. The van der Waals surface area contributed by atoms with Gasteiger partial charge in [-0.25, -0.2) is 9.37 Å². The average Bonchev–Trinajstić information content (AvgIpc) is 3.11. The van der Waals surface area contributed by atoms with E-state index in [1.165, 1.54) is 24.9 Å². The van der Waals surface area contributed by atoms with Gasteiger partial charge in [0.25, 0.3) is 11.5 Å². The Kier molecular flexibility index (Phi) is 11.9. The molecule has 268 valence electrons. The van der Waals surface area contributed by atoms with E-state index < -0.39 is 22.7 Å². The number of rotatable bonds is 12. The molecule has 12 nitrogen and oxygen atoms in total. The highest BCUT2D eigenvalue weighted by atomic mass is 35.5. The van der Waals surface area contributed by atoms with Crippen molar-refractivity contribution in [1.29, 1.82) is 5.26 Å². The maximum absolute atomic E-state index is 15.5. The Morgan fingerprint density at radius 1 is 1.12 bits per heavy atom. The highest BCUT2D eigenvalue weighted by Crippen LogP contribution is 2.38. The number of ether oxygens (including phenoxy) is 3. The molecule has 0 saturated carbocycles. The first-order chi connectivity index (χ1) is 24.4. The molecule has 1 aliphatic rings. The highest BCUT2D eigenvalue weighted by molar-refractivity contribution is 6.35. The van der Waals surface area contributed by atoms with Crippen LogP contribution in [0.3, 0.4) is 0 Å². The van der Waals surface area contributed by atoms with E-state index in [0.717, 1.165) is 19.6 Å². The number of fused-ring (bicyclic) bond motifs is 1. The Morgan fingerprint density at radius 3 is 2.55 bits per heavy atom. The number of pyridine rings is 1. The smallest absolute Gasteiger partial charge is 0.266 e. The number of allylic oxidation sites excluding steroid dienone is 1. The number of carbonyl (C=O) groups excluding carboxylic acids is 1. The van der Waals surface area contributed by atoms with Crippen molar-refractivity contribution in [2.45, 2.75) is 33.7 Å². The number of anilines is 2. The summed E-state index contributed by atoms with van der Waals surface area (Å²) in [6.07, 6.45) is 3.31. The van der Waals surface area contributed by atoms with Crippen LogP contribution >= 0.6 is 11.6 Å². The van der Waals surface area contributed by atoms with Crippen LogP contribution in [0.1, 0.15) is 26.3 Å². The standard InChI is InChI=1S/C37H41ClFN7O5/c1-37(2,3)20-25(21-40)34(47)43-26-7-6-23(30(39)17-26)8-10-46-33-24(22-42-36(44-33)41-9-11-45-12-14-51-15-13-45)16-29(35(46)48)28-18-27(49-4)19-31(50-5)32(28)38/h6-7,16-20,22H,8-15H2,1-5H3,(H,43,47)(H,41,42,44)/b25-20+. The molecule has 1 saturated heterocycles. The summed E-state index contributed by atoms with van der Waals surface area (Å²) in [6.45, 7) is 10.1. The molecule has 0 unspecified atom stereocenters. The summed E-state index contributed by atoms with van der Waals surface area (Å²) in [5, 5.41) is 16.1. The van der Waals surface area contributed by atoms with Gasteiger partial charge < -0.3 is 24.8 Å². The fourth-order valence-electron chi connectivity index (χ4n) is 5.67. The Balaban J connectivity index is 1.47. The van der Waals surface area contributed by atoms with Gasteiger partial charge in [0.1, 0.15) is 34.6 Å². The molecular weight excluding hydrogens is 677 g/mol. The average molecular weight is 718 g/mol. The molecule has 2 aromatic heterocycles. The minimum atomic E-state index is -0.628. The second-order valence-electron chi connectivity index (χ2n) is 13.1. The zero-order valence-electron chi connectivity index (χ0n) is 29.3. The number of carbonyl (C=O) groups is 1. The summed E-state index contributed by atoms with van der Waals surface area (Å²) in [4.78, 5) is 38.5. The third kappa shape index (κ3) is 9.21. The summed E-state index contributed by atoms with van der Waals surface area (Å²) in [7, 11) is 2.98. The van der Waals surface area contributed by atoms with E-state index >= 15 is 4.39 Å². The number of aromatic nitrogens is 3. The molecule has 4 aromatic rings. The molecule has 0 bridgehead atoms. The van der Waals surface area contributed by atoms with E-state index in [9.17, 15) is 14.9 Å². The maximum atomic E-state index is 15.5. The maximum Gasteiger partial charge on any atom is 0.266 e. The van der Waals surface area contributed by atoms with Crippen molar-refractivity contribution in [2.75, 3.05) is 64.2 Å². The second-order valence-corrected chi connectivity index (χ2v) is 13.5. The largest absolute Gasteiger partial charge is 0.497 e. The van der Waals surface area contributed by atoms with Crippen molar-refractivity contribution in [3.63, 3.8) is 0 Å². The van der Waals surface area contributed by atoms with E-state index in [1.54, 1.807) is 42.6 Å². The Morgan fingerprint density at radius 2 is 1.88 bits per heavy atom. The number of benzene rings is 2. The van der Waals surface area contributed by atoms with Crippen LogP contribution in [0.4, 0.5) is 16.0 Å². The van der Waals surface area contributed by atoms with Crippen molar-refractivity contribution in [3.8, 4) is 28.7 Å². The summed E-state index contributed by atoms with van der Waals surface area (Å²) in [5.74, 6) is -0.0885. The lowest BCUT2D eigenvalue weighted by Gasteiger charge is -2.26. The number of morpholine rings is 1. The molecule has 0 atom stereocenters. The summed E-state index contributed by atoms with van der Waals surface area (Å²) >= 11 is 6.72. The summed E-state index contributed by atoms with van der Waals surface area (Å²) in [5.41, 5.74) is 0.650. The van der Waals surface area contributed by atoms with Gasteiger partial charge in [0.05, 0.1) is 32.5 Å². The van der Waals surface area contributed by atoms with Gasteiger partial charge in [0.2, 0.25) is 5.95 Å². The molecular formula is C37H41ClFN7O5. The number of nitriles is 1. The highest BCUT2D eigenvalue weighted by Gasteiger charge is 2.20. The normalized spacial score (nSPS) is 13.9. The first-order valence-corrected chi connectivity index (χ1v) is 16.9. The summed E-state index contributed by atoms with van der Waals surface area (Å²) in [6, 6.07) is 11.1. The van der Waals surface area contributed by atoms with E-state index in [-0.39, 0.29) is 34.8 Å². The molecule has 0 radical (unpaired) electrons. The van der Waals surface area contributed by atoms with Crippen molar-refractivity contribution in [1.82, 2.24) is 19.4 Å². The van der Waals surface area contributed by atoms with Gasteiger partial charge in [-0.15, -0.1) is 0 Å². The lowest BCUT2D eigenvalue weighted by atomic mass is 9.93. The number of amides is 1. The third-order valence-electron chi connectivity index (χ3n) is 8.26. The quantitative estimate of drug-likeness (QED) is 0.139. The van der Waals surface area contributed by atoms with Crippen molar-refractivity contribution >= 4 is 40.2 Å². The van der Waals surface area contributed by atoms with Crippen LogP contribution in [0.2, 0.25) is 5.02 Å². The van der Waals surface area contributed by atoms with Gasteiger partial charge in [-0.3, -0.25) is 19.1 Å². The first-order valence-electron chi connectivity index (χ1n) is 16.5. The second kappa shape index (κ2) is 16.3. The van der Waals surface area contributed by atoms with Crippen molar-refractivity contribution in [2.24, 2.45) is 5.41 Å². The predicted molar refractivity (Wildman–Crippen MR) is 195 cm³/mol. The summed E-state index contributed by atoms with van der Waals surface area (Å²) < 4.78 is 33.3. The Bertz CT molecular complexity index is 2050. The topological polar surface area (TPSA) is 144 Å². The number of nitrogens with zero attached hydrogens (tertiary/aromatic N) is 5. The third-order valence-corrected chi connectivity index (χ3v) is 8.65. The van der Waals surface area contributed by atoms with Crippen LogP contribution < -0.4 is 25.7 Å². The Hall–Kier alpha value is -5.03. The molecule has 3 heterocycles. The van der Waals surface area contributed by atoms with E-state index in [1.807, 2.05) is 26.8 Å². The Labute approximate surface area is 300 Å². The number of hydrogen-bond acceptors (Lipinski definition) is 10. The molecule has 0 spiro atoms. The molecule has 1 aliphatic heterocycles. The monoisotopic (exact) mass is 717 g/mol. The van der Waals surface area contributed by atoms with E-state index in [4.69, 9.17) is 30.8 Å². The zero-order chi connectivity index (χ0) is 36.7. The van der Waals surface area contributed by atoms with Crippen LogP contribution in [-0.2, 0) is 22.5 Å². The van der Waals surface area contributed by atoms with Crippen LogP contribution in [-0.4, -0.2) is 79.0 Å². The predicted octanol–water partition coefficient (Wildman–Crippen LogP) is 5.69. The van der Waals surface area contributed by atoms with Gasteiger partial charge in [-0.2, -0.15) is 10.2 Å².